The molecule has 4 saturated heterocycles. The van der Waals surface area contributed by atoms with E-state index in [0.717, 1.165) is 135 Å². The van der Waals surface area contributed by atoms with Gasteiger partial charge in [0.15, 0.2) is 5.65 Å². The molecule has 3 aromatic carbocycles. The number of benzene rings is 3. The van der Waals surface area contributed by atoms with Gasteiger partial charge in [-0.1, -0.05) is 24.3 Å². The Kier molecular flexibility index (Phi) is 11.9. The van der Waals surface area contributed by atoms with E-state index in [1.165, 1.54) is 12.8 Å². The van der Waals surface area contributed by atoms with Gasteiger partial charge in [-0.05, 0) is 163 Å². The molecule has 0 saturated carbocycles. The van der Waals surface area contributed by atoms with Crippen LogP contribution in [0, 0.1) is 5.92 Å². The molecule has 2 atom stereocenters. The van der Waals surface area contributed by atoms with Crippen LogP contribution in [0.5, 0.6) is 11.5 Å². The number of para-hydroxylation sites is 1. The Morgan fingerprint density at radius 3 is 2.20 bits per heavy atom. The van der Waals surface area contributed by atoms with Crippen molar-refractivity contribution in [1.29, 1.82) is 0 Å². The first kappa shape index (κ1) is 42.0. The van der Waals surface area contributed by atoms with Crippen molar-refractivity contribution in [2.75, 3.05) is 64.6 Å². The summed E-state index contributed by atoms with van der Waals surface area (Å²) in [7, 11) is 0. The number of anilines is 1. The molecule has 7 heterocycles. The van der Waals surface area contributed by atoms with Crippen LogP contribution in [0.2, 0.25) is 0 Å². The van der Waals surface area contributed by atoms with Crippen LogP contribution in [-0.4, -0.2) is 128 Å². The highest BCUT2D eigenvalue weighted by Gasteiger charge is 2.45. The van der Waals surface area contributed by atoms with Crippen molar-refractivity contribution in [3.63, 3.8) is 0 Å². The summed E-state index contributed by atoms with van der Waals surface area (Å²) in [6.45, 7) is 9.64. The smallest absolute Gasteiger partial charge is 0.262 e. The molecule has 5 aliphatic rings. The summed E-state index contributed by atoms with van der Waals surface area (Å²) < 4.78 is 8.14. The molecule has 4 amide bonds. The van der Waals surface area contributed by atoms with Gasteiger partial charge in [-0.15, -0.1) is 0 Å². The van der Waals surface area contributed by atoms with E-state index in [1.54, 1.807) is 12.4 Å². The number of hydrogen-bond donors (Lipinski definition) is 2. The number of nitrogens with zero attached hydrogens (tertiary/aromatic N) is 8. The van der Waals surface area contributed by atoms with Gasteiger partial charge in [0.1, 0.15) is 35.4 Å². The lowest BCUT2D eigenvalue weighted by Crippen LogP contribution is -2.54. The predicted octanol–water partition coefficient (Wildman–Crippen LogP) is 5.89. The van der Waals surface area contributed by atoms with Crippen LogP contribution >= 0.6 is 0 Å². The number of hydrogen-bond acceptors (Lipinski definition) is 12. The Balaban J connectivity index is 0.674. The van der Waals surface area contributed by atoms with Crippen LogP contribution in [0.3, 0.4) is 0 Å². The highest BCUT2D eigenvalue weighted by Crippen LogP contribution is 2.37. The molecule has 0 aliphatic carbocycles. The largest absolute Gasteiger partial charge is 0.457 e. The van der Waals surface area contributed by atoms with Crippen molar-refractivity contribution in [2.24, 2.45) is 5.92 Å². The van der Waals surface area contributed by atoms with E-state index in [0.29, 0.717) is 28.8 Å². The van der Waals surface area contributed by atoms with Crippen LogP contribution in [0.25, 0.3) is 22.3 Å². The Labute approximate surface area is 372 Å². The Morgan fingerprint density at radius 1 is 0.734 bits per heavy atom. The first-order valence-electron chi connectivity index (χ1n) is 23.1. The summed E-state index contributed by atoms with van der Waals surface area (Å²) in [5.74, 6) is 1.12. The second-order valence-corrected chi connectivity index (χ2v) is 18.3. The minimum Gasteiger partial charge on any atom is -0.457 e. The molecule has 10 rings (SSSR count). The fraction of sp³-hybridized carbons (Fsp3) is 0.449. The van der Waals surface area contributed by atoms with Crippen molar-refractivity contribution < 1.29 is 23.9 Å². The van der Waals surface area contributed by atoms with Gasteiger partial charge in [0.25, 0.3) is 11.8 Å². The molecule has 3 N–H and O–H groups in total. The second-order valence-electron chi connectivity index (χ2n) is 18.3. The number of nitrogens with two attached hydrogens (primary N) is 1. The molecule has 15 heteroatoms. The third-order valence-electron chi connectivity index (χ3n) is 14.1. The van der Waals surface area contributed by atoms with E-state index < -0.39 is 23.8 Å². The maximum atomic E-state index is 13.4. The molecule has 0 spiro atoms. The SMILES string of the molecule is Nc1ncnc2c1c(-c1ccc(Oc3ccccc3)cc1)nn2[C@@H]1CCCN(CC2CCN(CCCN3CCC(c4ccc5c(c4)C(=O)N(C4CCC(=O)NC4=O)C5=O)CC3)CC2)C1. The second kappa shape index (κ2) is 18.2. The number of amides is 4. The molecule has 64 heavy (non-hydrogen) atoms. The van der Waals surface area contributed by atoms with Crippen LogP contribution in [-0.2, 0) is 9.59 Å². The highest BCUT2D eigenvalue weighted by atomic mass is 16.5. The zero-order valence-electron chi connectivity index (χ0n) is 36.2. The minimum atomic E-state index is -0.947. The summed E-state index contributed by atoms with van der Waals surface area (Å²) in [4.78, 5) is 68.6. The van der Waals surface area contributed by atoms with Crippen LogP contribution in [0.4, 0.5) is 5.82 Å². The third kappa shape index (κ3) is 8.63. The van der Waals surface area contributed by atoms with Crippen molar-refractivity contribution in [3.8, 4) is 22.8 Å². The van der Waals surface area contributed by atoms with Crippen molar-refractivity contribution in [3.05, 3.63) is 95.8 Å². The number of imide groups is 2. The van der Waals surface area contributed by atoms with Crippen LogP contribution in [0.15, 0.2) is 79.1 Å². The first-order valence-corrected chi connectivity index (χ1v) is 23.1. The third-order valence-corrected chi connectivity index (χ3v) is 14.1. The number of carbonyl (C=O) groups is 4. The van der Waals surface area contributed by atoms with Gasteiger partial charge in [0.2, 0.25) is 11.8 Å². The van der Waals surface area contributed by atoms with Gasteiger partial charge < -0.3 is 25.2 Å². The topological polar surface area (TPSA) is 172 Å². The van der Waals surface area contributed by atoms with Gasteiger partial charge in [-0.2, -0.15) is 5.10 Å². The van der Waals surface area contributed by atoms with E-state index in [2.05, 4.69) is 29.7 Å². The summed E-state index contributed by atoms with van der Waals surface area (Å²) in [6, 6.07) is 22.6. The highest BCUT2D eigenvalue weighted by molar-refractivity contribution is 6.23. The van der Waals surface area contributed by atoms with Gasteiger partial charge >= 0.3 is 0 Å². The molecular weight excluding hydrogens is 809 g/mol. The van der Waals surface area contributed by atoms with E-state index in [1.807, 2.05) is 66.7 Å². The lowest BCUT2D eigenvalue weighted by Gasteiger charge is -2.38. The molecule has 1 unspecified atom stereocenters. The molecule has 2 aromatic heterocycles. The number of nitrogen functional groups attached to an aromatic ring is 1. The van der Waals surface area contributed by atoms with E-state index in [4.69, 9.17) is 20.6 Å². The summed E-state index contributed by atoms with van der Waals surface area (Å²) >= 11 is 0. The molecule has 332 valence electrons. The summed E-state index contributed by atoms with van der Waals surface area (Å²) in [6.07, 6.45) is 9.55. The Morgan fingerprint density at radius 2 is 1.45 bits per heavy atom. The summed E-state index contributed by atoms with van der Waals surface area (Å²) in [5.41, 5.74) is 10.8. The van der Waals surface area contributed by atoms with Crippen molar-refractivity contribution in [2.45, 2.75) is 75.8 Å². The average molecular weight is 865 g/mol. The molecule has 15 nitrogen and oxygen atoms in total. The quantitative estimate of drug-likeness (QED) is 0.143. The standard InChI is InChI=1S/C49H56N10O5/c50-45-43-44(34-9-12-38(13-10-34)64-37-7-2-1-3-8-37)54-59(46(43)52-31-51-45)36-6-4-21-57(30-36)29-32-17-24-55(25-18-32)22-5-23-56-26-19-33(20-27-56)35-11-14-39-40(28-35)49(63)58(48(39)62)41-15-16-42(60)53-47(41)61/h1-3,7-14,28,31-33,36,41H,4-6,15-27,29-30H2,(H2,50,51,52)(H,53,60,61)/t36-,41?/m1/s1. The Bertz CT molecular complexity index is 2530. The zero-order valence-corrected chi connectivity index (χ0v) is 36.2. The zero-order chi connectivity index (χ0) is 43.7. The lowest BCUT2D eigenvalue weighted by molar-refractivity contribution is -0.136. The molecule has 0 bridgehead atoms. The number of likely N-dealkylation sites (tertiary alicyclic amines) is 3. The van der Waals surface area contributed by atoms with Crippen LogP contribution in [0.1, 0.15) is 96.0 Å². The van der Waals surface area contributed by atoms with Crippen molar-refractivity contribution >= 4 is 40.5 Å². The molecular formula is C49H56N10O5. The normalized spacial score (nSPS) is 22.0. The predicted molar refractivity (Wildman–Crippen MR) is 242 cm³/mol. The van der Waals surface area contributed by atoms with Gasteiger partial charge in [0.05, 0.1) is 22.6 Å². The number of rotatable bonds is 12. The number of piperidine rings is 4. The maximum Gasteiger partial charge on any atom is 0.262 e. The van der Waals surface area contributed by atoms with E-state index >= 15 is 0 Å². The lowest BCUT2D eigenvalue weighted by atomic mass is 9.87. The van der Waals surface area contributed by atoms with Crippen molar-refractivity contribution in [1.82, 2.24) is 44.7 Å². The molecule has 5 aromatic rings. The number of nitrogens with one attached hydrogen (secondary N) is 1. The monoisotopic (exact) mass is 864 g/mol. The first-order chi connectivity index (χ1) is 31.3. The van der Waals surface area contributed by atoms with Gasteiger partial charge in [-0.3, -0.25) is 29.4 Å². The van der Waals surface area contributed by atoms with Gasteiger partial charge in [0, 0.05) is 25.1 Å². The fourth-order valence-corrected chi connectivity index (χ4v) is 10.7. The fourth-order valence-electron chi connectivity index (χ4n) is 10.7. The molecule has 5 aliphatic heterocycles. The number of fused-ring (bicyclic) bond motifs is 2. The van der Waals surface area contributed by atoms with E-state index in [9.17, 15) is 19.2 Å². The minimum absolute atomic E-state index is 0.111. The Hall–Kier alpha value is -6.03. The average Bonchev–Trinajstić information content (AvgIpc) is 3.83. The van der Waals surface area contributed by atoms with E-state index in [-0.39, 0.29) is 24.8 Å². The van der Waals surface area contributed by atoms with Crippen LogP contribution < -0.4 is 15.8 Å². The van der Waals surface area contributed by atoms with Gasteiger partial charge in [-0.25, -0.2) is 14.6 Å². The number of carbonyl (C=O) groups excluding carboxylic acids is 4. The summed E-state index contributed by atoms with van der Waals surface area (Å²) in [5, 5.41) is 8.24. The molecule has 4 fully saturated rings. The number of aromatic nitrogens is 4. The maximum absolute atomic E-state index is 13.4. The number of ether oxygens (including phenoxy) is 1. The molecule has 0 radical (unpaired) electrons.